The Morgan fingerprint density at radius 3 is 2.20 bits per heavy atom. The van der Waals surface area contributed by atoms with E-state index in [2.05, 4.69) is 5.32 Å². The standard InChI is InChI=1S/C32H41N3O5S/c1-5-8-22-33-32(37)28(6-2)34(23-26-14-10-9-11-15-26)31(36)24-35(29-16-12-13-17-30(29)40-7-3)41(38,39)27-20-18-25(4)19-21-27/h9-21,28H,5-8,22-24H2,1-4H3,(H,33,37)/t28-/m1/s1. The molecule has 0 aliphatic rings. The molecule has 8 nitrogen and oxygen atoms in total. The van der Waals surface area contributed by atoms with Gasteiger partial charge in [-0.2, -0.15) is 0 Å². The lowest BCUT2D eigenvalue weighted by Crippen LogP contribution is -2.52. The molecule has 2 amide bonds. The first-order chi connectivity index (χ1) is 19.7. The second kappa shape index (κ2) is 15.2. The molecule has 0 spiro atoms. The van der Waals surface area contributed by atoms with E-state index in [1.54, 1.807) is 36.4 Å². The topological polar surface area (TPSA) is 96.0 Å². The molecule has 0 unspecified atom stereocenters. The van der Waals surface area contributed by atoms with Crippen LogP contribution in [0.4, 0.5) is 5.69 Å². The third kappa shape index (κ3) is 8.33. The van der Waals surface area contributed by atoms with E-state index >= 15 is 0 Å². The van der Waals surface area contributed by atoms with Gasteiger partial charge in [0.05, 0.1) is 17.2 Å². The quantitative estimate of drug-likeness (QED) is 0.246. The zero-order valence-corrected chi connectivity index (χ0v) is 25.2. The molecule has 3 aromatic carbocycles. The lowest BCUT2D eigenvalue weighted by molar-refractivity contribution is -0.140. The highest BCUT2D eigenvalue weighted by atomic mass is 32.2. The molecular weight excluding hydrogens is 538 g/mol. The number of sulfonamides is 1. The highest BCUT2D eigenvalue weighted by molar-refractivity contribution is 7.92. The maximum absolute atomic E-state index is 14.2. The summed E-state index contributed by atoms with van der Waals surface area (Å²) in [5.74, 6) is -0.404. The van der Waals surface area contributed by atoms with Crippen molar-refractivity contribution in [2.24, 2.45) is 0 Å². The minimum atomic E-state index is -4.18. The minimum Gasteiger partial charge on any atom is -0.492 e. The zero-order chi connectivity index (χ0) is 29.8. The molecule has 0 aliphatic heterocycles. The summed E-state index contributed by atoms with van der Waals surface area (Å²) in [7, 11) is -4.18. The van der Waals surface area contributed by atoms with Crippen molar-refractivity contribution in [1.29, 1.82) is 0 Å². The molecule has 1 atom stereocenters. The highest BCUT2D eigenvalue weighted by Gasteiger charge is 2.34. The van der Waals surface area contributed by atoms with Crippen molar-refractivity contribution >= 4 is 27.5 Å². The van der Waals surface area contributed by atoms with Crippen LogP contribution in [0.5, 0.6) is 5.75 Å². The molecule has 9 heteroatoms. The van der Waals surface area contributed by atoms with Crippen molar-refractivity contribution in [3.63, 3.8) is 0 Å². The summed E-state index contributed by atoms with van der Waals surface area (Å²) >= 11 is 0. The van der Waals surface area contributed by atoms with Crippen LogP contribution in [0, 0.1) is 6.92 Å². The van der Waals surface area contributed by atoms with Crippen molar-refractivity contribution in [2.75, 3.05) is 24.0 Å². The Kier molecular flexibility index (Phi) is 11.8. The number of benzene rings is 3. The highest BCUT2D eigenvalue weighted by Crippen LogP contribution is 2.33. The molecule has 41 heavy (non-hydrogen) atoms. The second-order valence-electron chi connectivity index (χ2n) is 9.80. The van der Waals surface area contributed by atoms with Gasteiger partial charge < -0.3 is 15.0 Å². The number of hydrogen-bond acceptors (Lipinski definition) is 5. The number of anilines is 1. The summed E-state index contributed by atoms with van der Waals surface area (Å²) in [6, 6.07) is 21.9. The van der Waals surface area contributed by atoms with E-state index in [9.17, 15) is 18.0 Å². The lowest BCUT2D eigenvalue weighted by Gasteiger charge is -2.33. The minimum absolute atomic E-state index is 0.0566. The Hall–Kier alpha value is -3.85. The van der Waals surface area contributed by atoms with E-state index in [-0.39, 0.29) is 23.0 Å². The predicted molar refractivity (Wildman–Crippen MR) is 162 cm³/mol. The molecule has 0 aliphatic carbocycles. The van der Waals surface area contributed by atoms with Gasteiger partial charge in [0.25, 0.3) is 10.0 Å². The van der Waals surface area contributed by atoms with Gasteiger partial charge in [0.1, 0.15) is 18.3 Å². The van der Waals surface area contributed by atoms with Gasteiger partial charge in [-0.3, -0.25) is 13.9 Å². The number of aryl methyl sites for hydroxylation is 1. The zero-order valence-electron chi connectivity index (χ0n) is 24.4. The van der Waals surface area contributed by atoms with Crippen LogP contribution in [0.3, 0.4) is 0 Å². The largest absolute Gasteiger partial charge is 0.492 e. The average molecular weight is 580 g/mol. The molecule has 0 bridgehead atoms. The smallest absolute Gasteiger partial charge is 0.264 e. The summed E-state index contributed by atoms with van der Waals surface area (Å²) in [6.45, 7) is 8.05. The molecule has 3 rings (SSSR count). The van der Waals surface area contributed by atoms with Crippen molar-refractivity contribution in [2.45, 2.75) is 64.4 Å². The fourth-order valence-corrected chi connectivity index (χ4v) is 5.92. The predicted octanol–water partition coefficient (Wildman–Crippen LogP) is 5.31. The van der Waals surface area contributed by atoms with E-state index in [0.29, 0.717) is 25.3 Å². The van der Waals surface area contributed by atoms with Crippen molar-refractivity contribution in [3.05, 3.63) is 90.0 Å². The number of para-hydroxylation sites is 2. The SMILES string of the molecule is CCCCNC(=O)[C@@H](CC)N(Cc1ccccc1)C(=O)CN(c1ccccc1OCC)S(=O)(=O)c1ccc(C)cc1. The molecule has 0 aromatic heterocycles. The van der Waals surface area contributed by atoms with E-state index in [0.717, 1.165) is 28.3 Å². The normalized spacial score (nSPS) is 11.9. The van der Waals surface area contributed by atoms with Gasteiger partial charge in [0.2, 0.25) is 11.8 Å². The number of rotatable bonds is 15. The van der Waals surface area contributed by atoms with Gasteiger partial charge in [-0.15, -0.1) is 0 Å². The third-order valence-corrected chi connectivity index (χ3v) is 8.51. The van der Waals surface area contributed by atoms with Gasteiger partial charge in [-0.05, 0) is 56.5 Å². The van der Waals surface area contributed by atoms with Crippen LogP contribution in [0.1, 0.15) is 51.2 Å². The molecule has 1 N–H and O–H groups in total. The van der Waals surface area contributed by atoms with Crippen LogP contribution in [-0.2, 0) is 26.2 Å². The number of carbonyl (C=O) groups is 2. The molecule has 220 valence electrons. The number of unbranched alkanes of at least 4 members (excludes halogenated alkanes) is 1. The number of nitrogens with zero attached hydrogens (tertiary/aromatic N) is 2. The van der Waals surface area contributed by atoms with Crippen molar-refractivity contribution in [3.8, 4) is 5.75 Å². The maximum Gasteiger partial charge on any atom is 0.264 e. The van der Waals surface area contributed by atoms with Crippen LogP contribution >= 0.6 is 0 Å². The van der Waals surface area contributed by atoms with Gasteiger partial charge in [-0.1, -0.05) is 80.4 Å². The Morgan fingerprint density at radius 2 is 1.56 bits per heavy atom. The van der Waals surface area contributed by atoms with E-state index in [1.165, 1.54) is 17.0 Å². The Bertz CT molecular complexity index is 1380. The Morgan fingerprint density at radius 1 is 0.902 bits per heavy atom. The lowest BCUT2D eigenvalue weighted by atomic mass is 10.1. The Balaban J connectivity index is 2.07. The molecule has 0 saturated carbocycles. The van der Waals surface area contributed by atoms with Crippen molar-refractivity contribution < 1.29 is 22.7 Å². The second-order valence-corrected chi connectivity index (χ2v) is 11.7. The number of amides is 2. The number of hydrogen-bond donors (Lipinski definition) is 1. The monoisotopic (exact) mass is 579 g/mol. The molecule has 0 radical (unpaired) electrons. The van der Waals surface area contributed by atoms with Crippen LogP contribution < -0.4 is 14.4 Å². The molecular formula is C32H41N3O5S. The van der Waals surface area contributed by atoms with E-state index in [1.807, 2.05) is 58.0 Å². The van der Waals surface area contributed by atoms with Gasteiger partial charge in [-0.25, -0.2) is 8.42 Å². The first-order valence-corrected chi connectivity index (χ1v) is 15.6. The molecule has 0 heterocycles. The average Bonchev–Trinajstić information content (AvgIpc) is 2.97. The summed E-state index contributed by atoms with van der Waals surface area (Å²) < 4.78 is 35.0. The van der Waals surface area contributed by atoms with E-state index < -0.39 is 28.5 Å². The van der Waals surface area contributed by atoms with Gasteiger partial charge in [0.15, 0.2) is 0 Å². The molecule has 0 fully saturated rings. The molecule has 3 aromatic rings. The number of ether oxygens (including phenoxy) is 1. The first-order valence-electron chi connectivity index (χ1n) is 14.1. The number of nitrogens with one attached hydrogen (secondary N) is 1. The van der Waals surface area contributed by atoms with Crippen LogP contribution in [0.25, 0.3) is 0 Å². The maximum atomic E-state index is 14.2. The van der Waals surface area contributed by atoms with Crippen LogP contribution in [0.2, 0.25) is 0 Å². The van der Waals surface area contributed by atoms with Gasteiger partial charge >= 0.3 is 0 Å². The van der Waals surface area contributed by atoms with Crippen molar-refractivity contribution in [1.82, 2.24) is 10.2 Å². The van der Waals surface area contributed by atoms with E-state index in [4.69, 9.17) is 4.74 Å². The van der Waals surface area contributed by atoms with Crippen LogP contribution in [-0.4, -0.2) is 50.9 Å². The fraction of sp³-hybridized carbons (Fsp3) is 0.375. The Labute approximate surface area is 244 Å². The molecule has 0 saturated heterocycles. The van der Waals surface area contributed by atoms with Crippen LogP contribution in [0.15, 0.2) is 83.8 Å². The van der Waals surface area contributed by atoms with Gasteiger partial charge in [0, 0.05) is 13.1 Å². The first kappa shape index (κ1) is 31.7. The summed E-state index contributed by atoms with van der Waals surface area (Å²) in [5, 5.41) is 2.94. The summed E-state index contributed by atoms with van der Waals surface area (Å²) in [5.41, 5.74) is 2.00. The third-order valence-electron chi connectivity index (χ3n) is 6.73. The number of carbonyl (C=O) groups excluding carboxylic acids is 2. The summed E-state index contributed by atoms with van der Waals surface area (Å²) in [6.07, 6.45) is 2.12. The summed E-state index contributed by atoms with van der Waals surface area (Å²) in [4.78, 5) is 29.0. The fourth-order valence-electron chi connectivity index (χ4n) is 4.50.